The first-order valence-corrected chi connectivity index (χ1v) is 10.8. The van der Waals surface area contributed by atoms with Crippen molar-refractivity contribution in [1.82, 2.24) is 20.1 Å². The molecule has 1 fully saturated rings. The molecule has 33 heavy (non-hydrogen) atoms. The first-order valence-electron chi connectivity index (χ1n) is 10.4. The fourth-order valence-corrected chi connectivity index (χ4v) is 3.56. The van der Waals surface area contributed by atoms with Gasteiger partial charge in [0, 0.05) is 37.6 Å². The molecule has 2 aromatic rings. The highest BCUT2D eigenvalue weighted by Crippen LogP contribution is 2.26. The van der Waals surface area contributed by atoms with Gasteiger partial charge < -0.3 is 15.0 Å². The molecule has 0 spiro atoms. The number of hydrogen-bond acceptors (Lipinski definition) is 5. The Kier molecular flexibility index (Phi) is 7.42. The molecule has 7 nitrogen and oxygen atoms in total. The molecule has 1 aliphatic rings. The minimum atomic E-state index is -4.36. The number of aromatic nitrogens is 3. The predicted octanol–water partition coefficient (Wildman–Crippen LogP) is 4.39. The molecule has 1 saturated heterocycles. The number of alkyl carbamates (subject to hydrolysis) is 1. The summed E-state index contributed by atoms with van der Waals surface area (Å²) in [5.74, 6) is 5.79. The van der Waals surface area contributed by atoms with Crippen LogP contribution in [-0.2, 0) is 11.3 Å². The summed E-state index contributed by atoms with van der Waals surface area (Å²) >= 11 is 6.12. The molecule has 0 saturated carbocycles. The molecule has 0 unspecified atom stereocenters. The number of hydrogen-bond donors (Lipinski definition) is 1. The molecule has 1 N–H and O–H groups in total. The quantitative estimate of drug-likeness (QED) is 0.518. The lowest BCUT2D eigenvalue weighted by atomic mass is 10.0. The van der Waals surface area contributed by atoms with Crippen LogP contribution in [-0.4, -0.2) is 51.8 Å². The number of amides is 1. The average Bonchev–Trinajstić information content (AvgIpc) is 3.11. The lowest BCUT2D eigenvalue weighted by Gasteiger charge is -2.35. The molecular formula is C22H25ClF3N5O2. The zero-order valence-electron chi connectivity index (χ0n) is 18.5. The standard InChI is InChI=1S/C22H25ClF3N5O2/c1-21(2,3)33-20(32)29-17-5-4-8-30(13-17)18-9-19(23)27-11-16(18)7-6-15-10-28-31(12-15)14-22(24,25)26/h9-12,17H,4-5,8,13-14H2,1-3H3,(H,29,32)/t17-/m0/s1. The summed E-state index contributed by atoms with van der Waals surface area (Å²) in [5, 5.41) is 6.88. The van der Waals surface area contributed by atoms with Crippen LogP contribution in [0.1, 0.15) is 44.7 Å². The van der Waals surface area contributed by atoms with Crippen LogP contribution in [0.15, 0.2) is 24.7 Å². The average molecular weight is 484 g/mol. The lowest BCUT2D eigenvalue weighted by Crippen LogP contribution is -2.49. The minimum absolute atomic E-state index is 0.123. The van der Waals surface area contributed by atoms with Gasteiger partial charge >= 0.3 is 12.3 Å². The molecule has 1 amide bonds. The fourth-order valence-electron chi connectivity index (χ4n) is 3.40. The zero-order valence-corrected chi connectivity index (χ0v) is 19.3. The molecule has 0 aromatic carbocycles. The van der Waals surface area contributed by atoms with E-state index >= 15 is 0 Å². The van der Waals surface area contributed by atoms with Gasteiger partial charge in [-0.1, -0.05) is 23.4 Å². The van der Waals surface area contributed by atoms with Crippen LogP contribution in [0.5, 0.6) is 0 Å². The Morgan fingerprint density at radius 2 is 2.06 bits per heavy atom. The number of nitrogens with one attached hydrogen (secondary N) is 1. The van der Waals surface area contributed by atoms with Gasteiger partial charge in [0.05, 0.1) is 23.0 Å². The summed E-state index contributed by atoms with van der Waals surface area (Å²) < 4.78 is 43.7. The summed E-state index contributed by atoms with van der Waals surface area (Å²) in [6.07, 6.45) is 0.843. The SMILES string of the molecule is CC(C)(C)OC(=O)N[C@H]1CCCN(c2cc(Cl)ncc2C#Cc2cnn(CC(F)(F)F)c2)C1. The molecule has 3 rings (SSSR count). The van der Waals surface area contributed by atoms with E-state index in [0.29, 0.717) is 17.7 Å². The highest BCUT2D eigenvalue weighted by Gasteiger charge is 2.28. The van der Waals surface area contributed by atoms with Crippen LogP contribution < -0.4 is 10.2 Å². The zero-order chi connectivity index (χ0) is 24.2. The number of rotatable bonds is 3. The number of halogens is 4. The Bertz CT molecular complexity index is 1050. The fraction of sp³-hybridized carbons (Fsp3) is 0.500. The Labute approximate surface area is 195 Å². The first-order chi connectivity index (χ1) is 15.4. The van der Waals surface area contributed by atoms with Crippen molar-refractivity contribution in [3.05, 3.63) is 40.9 Å². The number of carbonyl (C=O) groups is 1. The number of nitrogens with zero attached hydrogens (tertiary/aromatic N) is 4. The van der Waals surface area contributed by atoms with Crippen molar-refractivity contribution in [1.29, 1.82) is 0 Å². The lowest BCUT2D eigenvalue weighted by molar-refractivity contribution is -0.142. The van der Waals surface area contributed by atoms with E-state index in [1.54, 1.807) is 26.8 Å². The van der Waals surface area contributed by atoms with Gasteiger partial charge in [-0.3, -0.25) is 4.68 Å². The number of pyridine rings is 1. The Morgan fingerprint density at radius 1 is 1.30 bits per heavy atom. The van der Waals surface area contributed by atoms with Gasteiger partial charge in [-0.2, -0.15) is 18.3 Å². The van der Waals surface area contributed by atoms with E-state index in [0.717, 1.165) is 29.8 Å². The second kappa shape index (κ2) is 9.91. The first kappa shape index (κ1) is 24.7. The van der Waals surface area contributed by atoms with Gasteiger partial charge in [-0.05, 0) is 33.6 Å². The van der Waals surface area contributed by atoms with Gasteiger partial charge in [-0.25, -0.2) is 9.78 Å². The molecule has 0 aliphatic carbocycles. The van der Waals surface area contributed by atoms with Gasteiger partial charge in [0.1, 0.15) is 17.3 Å². The molecule has 11 heteroatoms. The summed E-state index contributed by atoms with van der Waals surface area (Å²) in [7, 11) is 0. The van der Waals surface area contributed by atoms with Crippen LogP contribution in [0, 0.1) is 11.8 Å². The third-order valence-electron chi connectivity index (χ3n) is 4.65. The van der Waals surface area contributed by atoms with Crippen molar-refractivity contribution in [2.75, 3.05) is 18.0 Å². The van der Waals surface area contributed by atoms with Gasteiger partial charge in [0.15, 0.2) is 0 Å². The Hall–Kier alpha value is -2.93. The normalized spacial score (nSPS) is 16.7. The van der Waals surface area contributed by atoms with E-state index < -0.39 is 24.4 Å². The van der Waals surface area contributed by atoms with E-state index in [4.69, 9.17) is 16.3 Å². The van der Waals surface area contributed by atoms with Crippen molar-refractivity contribution in [2.45, 2.75) is 58.0 Å². The Morgan fingerprint density at radius 3 is 2.76 bits per heavy atom. The smallest absolute Gasteiger partial charge is 0.408 e. The summed E-state index contributed by atoms with van der Waals surface area (Å²) in [5.41, 5.74) is 1.07. The van der Waals surface area contributed by atoms with E-state index in [1.165, 1.54) is 18.6 Å². The van der Waals surface area contributed by atoms with Crippen molar-refractivity contribution >= 4 is 23.4 Å². The topological polar surface area (TPSA) is 72.3 Å². The highest BCUT2D eigenvalue weighted by molar-refractivity contribution is 6.29. The molecule has 178 valence electrons. The van der Waals surface area contributed by atoms with E-state index in [9.17, 15) is 18.0 Å². The van der Waals surface area contributed by atoms with Crippen LogP contribution in [0.3, 0.4) is 0 Å². The van der Waals surface area contributed by atoms with E-state index in [1.807, 2.05) is 0 Å². The molecule has 1 atom stereocenters. The highest BCUT2D eigenvalue weighted by atomic mass is 35.5. The predicted molar refractivity (Wildman–Crippen MR) is 118 cm³/mol. The van der Waals surface area contributed by atoms with Crippen molar-refractivity contribution < 1.29 is 22.7 Å². The van der Waals surface area contributed by atoms with E-state index in [2.05, 4.69) is 32.1 Å². The monoisotopic (exact) mass is 483 g/mol. The number of anilines is 1. The largest absolute Gasteiger partial charge is 0.444 e. The molecule has 0 radical (unpaired) electrons. The third kappa shape index (κ3) is 7.86. The van der Waals surface area contributed by atoms with Gasteiger partial charge in [0.2, 0.25) is 0 Å². The second-order valence-electron chi connectivity index (χ2n) is 8.75. The van der Waals surface area contributed by atoms with Crippen molar-refractivity contribution in [3.63, 3.8) is 0 Å². The number of alkyl halides is 3. The summed E-state index contributed by atoms with van der Waals surface area (Å²) in [6.45, 7) is 5.48. The van der Waals surface area contributed by atoms with Crippen LogP contribution in [0.4, 0.5) is 23.7 Å². The molecular weight excluding hydrogens is 459 g/mol. The van der Waals surface area contributed by atoms with Crippen LogP contribution >= 0.6 is 11.6 Å². The number of ether oxygens (including phenoxy) is 1. The van der Waals surface area contributed by atoms with Gasteiger partial charge in [-0.15, -0.1) is 0 Å². The van der Waals surface area contributed by atoms with Crippen molar-refractivity contribution in [2.24, 2.45) is 0 Å². The minimum Gasteiger partial charge on any atom is -0.444 e. The van der Waals surface area contributed by atoms with Gasteiger partial charge in [0.25, 0.3) is 0 Å². The molecule has 0 bridgehead atoms. The maximum absolute atomic E-state index is 12.5. The maximum Gasteiger partial charge on any atom is 0.408 e. The van der Waals surface area contributed by atoms with Crippen LogP contribution in [0.25, 0.3) is 0 Å². The van der Waals surface area contributed by atoms with Crippen molar-refractivity contribution in [3.8, 4) is 11.8 Å². The second-order valence-corrected chi connectivity index (χ2v) is 9.13. The summed E-state index contributed by atoms with van der Waals surface area (Å²) in [6, 6.07) is 1.57. The summed E-state index contributed by atoms with van der Waals surface area (Å²) in [4.78, 5) is 18.3. The maximum atomic E-state index is 12.5. The number of piperidine rings is 1. The third-order valence-corrected chi connectivity index (χ3v) is 4.85. The number of carbonyl (C=O) groups excluding carboxylic acids is 1. The molecule has 3 heterocycles. The molecule has 1 aliphatic heterocycles. The van der Waals surface area contributed by atoms with E-state index in [-0.39, 0.29) is 11.2 Å². The van der Waals surface area contributed by atoms with Crippen LogP contribution in [0.2, 0.25) is 5.15 Å². The molecule has 2 aromatic heterocycles. The Balaban J connectivity index is 1.75.